The van der Waals surface area contributed by atoms with Gasteiger partial charge in [-0.3, -0.25) is 4.79 Å². The van der Waals surface area contributed by atoms with Crippen LogP contribution in [0.25, 0.3) is 0 Å². The van der Waals surface area contributed by atoms with Crippen LogP contribution in [0.5, 0.6) is 0 Å². The Hall–Kier alpha value is -3.28. The number of carbonyl (C=O) groups excluding carboxylic acids is 1. The summed E-state index contributed by atoms with van der Waals surface area (Å²) in [6, 6.07) is 15.8. The van der Waals surface area contributed by atoms with E-state index in [4.69, 9.17) is 16.9 Å². The highest BCUT2D eigenvalue weighted by Gasteiger charge is 2.12. The lowest BCUT2D eigenvalue weighted by Crippen LogP contribution is -2.15. The molecule has 0 saturated heterocycles. The second kappa shape index (κ2) is 7.82. The monoisotopic (exact) mass is 336 g/mol. The molecule has 0 heterocycles. The maximum atomic E-state index is 12.2. The molecule has 0 atom stereocenters. The van der Waals surface area contributed by atoms with E-state index in [1.54, 1.807) is 49.4 Å². The Morgan fingerprint density at radius 1 is 1.12 bits per heavy atom. The number of nitrogens with one attached hydrogen (secondary N) is 2. The van der Waals surface area contributed by atoms with Crippen molar-refractivity contribution in [3.8, 4) is 12.1 Å². The van der Waals surface area contributed by atoms with E-state index in [2.05, 4.69) is 10.6 Å². The van der Waals surface area contributed by atoms with Gasteiger partial charge < -0.3 is 10.6 Å². The van der Waals surface area contributed by atoms with Gasteiger partial charge in [0.05, 0.1) is 11.3 Å². The first-order valence-electron chi connectivity index (χ1n) is 6.99. The van der Waals surface area contributed by atoms with Crippen molar-refractivity contribution >= 4 is 28.9 Å². The molecule has 0 radical (unpaired) electrons. The summed E-state index contributed by atoms with van der Waals surface area (Å²) in [5, 5.41) is 24.2. The molecule has 2 N–H and O–H groups in total. The number of anilines is 2. The van der Waals surface area contributed by atoms with Crippen molar-refractivity contribution in [3.63, 3.8) is 0 Å². The van der Waals surface area contributed by atoms with Gasteiger partial charge in [-0.1, -0.05) is 29.8 Å². The third kappa shape index (κ3) is 3.92. The normalized spacial score (nSPS) is 10.4. The molecule has 0 bridgehead atoms. The lowest BCUT2D eigenvalue weighted by atomic mass is 10.2. The highest BCUT2D eigenvalue weighted by molar-refractivity contribution is 6.31. The third-order valence-corrected chi connectivity index (χ3v) is 3.71. The molecule has 2 aromatic rings. The minimum atomic E-state index is -0.565. The number of amides is 1. The Bertz CT molecular complexity index is 891. The number of carbonyl (C=O) groups is 1. The SMILES string of the molecule is Cc1c(Cl)cccc1NC(=O)/C(C#N)=C\Nc1ccccc1C#N. The lowest BCUT2D eigenvalue weighted by molar-refractivity contribution is -0.112. The van der Waals surface area contributed by atoms with Crippen LogP contribution in [-0.4, -0.2) is 5.91 Å². The number of rotatable bonds is 4. The molecule has 0 spiro atoms. The smallest absolute Gasteiger partial charge is 0.267 e. The molecule has 0 aromatic heterocycles. The van der Waals surface area contributed by atoms with Gasteiger partial charge in [0, 0.05) is 16.9 Å². The molecule has 0 aliphatic carbocycles. The van der Waals surface area contributed by atoms with Gasteiger partial charge in [-0.2, -0.15) is 10.5 Å². The van der Waals surface area contributed by atoms with Crippen LogP contribution in [-0.2, 0) is 4.79 Å². The predicted octanol–water partition coefficient (Wildman–Crippen LogP) is 3.98. The van der Waals surface area contributed by atoms with E-state index >= 15 is 0 Å². The van der Waals surface area contributed by atoms with Gasteiger partial charge in [0.15, 0.2) is 0 Å². The fourth-order valence-electron chi connectivity index (χ4n) is 1.94. The molecule has 0 aliphatic heterocycles. The summed E-state index contributed by atoms with van der Waals surface area (Å²) in [5.41, 5.74) is 2.05. The Balaban J connectivity index is 2.19. The van der Waals surface area contributed by atoms with Gasteiger partial charge in [-0.05, 0) is 36.8 Å². The van der Waals surface area contributed by atoms with E-state index in [0.29, 0.717) is 27.5 Å². The Morgan fingerprint density at radius 2 is 1.83 bits per heavy atom. The van der Waals surface area contributed by atoms with E-state index in [0.717, 1.165) is 0 Å². The maximum Gasteiger partial charge on any atom is 0.267 e. The summed E-state index contributed by atoms with van der Waals surface area (Å²) in [4.78, 5) is 12.2. The highest BCUT2D eigenvalue weighted by atomic mass is 35.5. The molecular weight excluding hydrogens is 324 g/mol. The molecule has 1 amide bonds. The van der Waals surface area contributed by atoms with E-state index < -0.39 is 5.91 Å². The maximum absolute atomic E-state index is 12.2. The zero-order chi connectivity index (χ0) is 17.5. The van der Waals surface area contributed by atoms with Crippen LogP contribution in [0.15, 0.2) is 54.2 Å². The van der Waals surface area contributed by atoms with Crippen molar-refractivity contribution in [1.82, 2.24) is 0 Å². The van der Waals surface area contributed by atoms with Crippen LogP contribution in [0.2, 0.25) is 5.02 Å². The van der Waals surface area contributed by atoms with Crippen molar-refractivity contribution in [2.24, 2.45) is 0 Å². The fourth-order valence-corrected chi connectivity index (χ4v) is 2.11. The van der Waals surface area contributed by atoms with Crippen molar-refractivity contribution in [3.05, 3.63) is 70.4 Å². The molecule has 0 saturated carbocycles. The molecule has 5 nitrogen and oxygen atoms in total. The van der Waals surface area contributed by atoms with Crippen molar-refractivity contribution in [1.29, 1.82) is 10.5 Å². The zero-order valence-corrected chi connectivity index (χ0v) is 13.6. The molecule has 2 aromatic carbocycles. The van der Waals surface area contributed by atoms with Crippen LogP contribution >= 0.6 is 11.6 Å². The summed E-state index contributed by atoms with van der Waals surface area (Å²) in [6.45, 7) is 1.77. The highest BCUT2D eigenvalue weighted by Crippen LogP contribution is 2.23. The summed E-state index contributed by atoms with van der Waals surface area (Å²) in [6.07, 6.45) is 1.27. The van der Waals surface area contributed by atoms with E-state index in [9.17, 15) is 10.1 Å². The zero-order valence-electron chi connectivity index (χ0n) is 12.8. The molecule has 118 valence electrons. The minimum Gasteiger partial charge on any atom is -0.359 e. The van der Waals surface area contributed by atoms with Crippen LogP contribution in [0, 0.1) is 29.6 Å². The lowest BCUT2D eigenvalue weighted by Gasteiger charge is -2.09. The second-order valence-corrected chi connectivity index (χ2v) is 5.25. The minimum absolute atomic E-state index is 0.123. The largest absolute Gasteiger partial charge is 0.359 e. The first-order valence-corrected chi connectivity index (χ1v) is 7.37. The van der Waals surface area contributed by atoms with Gasteiger partial charge in [0.25, 0.3) is 5.91 Å². The molecule has 6 heteroatoms. The number of nitrogens with zero attached hydrogens (tertiary/aromatic N) is 2. The number of hydrogen-bond acceptors (Lipinski definition) is 4. The molecule has 0 fully saturated rings. The summed E-state index contributed by atoms with van der Waals surface area (Å²) < 4.78 is 0. The van der Waals surface area contributed by atoms with E-state index in [1.807, 2.05) is 12.1 Å². The summed E-state index contributed by atoms with van der Waals surface area (Å²) in [5.74, 6) is -0.565. The second-order valence-electron chi connectivity index (χ2n) is 4.84. The van der Waals surface area contributed by atoms with Crippen molar-refractivity contribution < 1.29 is 4.79 Å². The topological polar surface area (TPSA) is 88.7 Å². The van der Waals surface area contributed by atoms with E-state index in [1.165, 1.54) is 6.20 Å². The van der Waals surface area contributed by atoms with Gasteiger partial charge in [-0.15, -0.1) is 0 Å². The van der Waals surface area contributed by atoms with Gasteiger partial charge in [-0.25, -0.2) is 0 Å². The number of hydrogen-bond donors (Lipinski definition) is 2. The molecule has 24 heavy (non-hydrogen) atoms. The number of benzene rings is 2. The molecule has 0 aliphatic rings. The Labute approximate surface area is 144 Å². The van der Waals surface area contributed by atoms with Crippen LogP contribution < -0.4 is 10.6 Å². The number of nitriles is 2. The van der Waals surface area contributed by atoms with E-state index in [-0.39, 0.29) is 5.57 Å². The van der Waals surface area contributed by atoms with Gasteiger partial charge in [0.2, 0.25) is 0 Å². The van der Waals surface area contributed by atoms with Crippen LogP contribution in [0.4, 0.5) is 11.4 Å². The van der Waals surface area contributed by atoms with Gasteiger partial charge >= 0.3 is 0 Å². The molecular formula is C18H13ClN4O. The first-order chi connectivity index (χ1) is 11.6. The number of halogens is 1. The first kappa shape index (κ1) is 17.1. The summed E-state index contributed by atoms with van der Waals surface area (Å²) in [7, 11) is 0. The van der Waals surface area contributed by atoms with Crippen molar-refractivity contribution in [2.75, 3.05) is 10.6 Å². The Kier molecular flexibility index (Phi) is 5.57. The summed E-state index contributed by atoms with van der Waals surface area (Å²) >= 11 is 6.01. The molecule has 2 rings (SSSR count). The fraction of sp³-hybridized carbons (Fsp3) is 0.0556. The predicted molar refractivity (Wildman–Crippen MR) is 93.3 cm³/mol. The number of para-hydroxylation sites is 1. The third-order valence-electron chi connectivity index (χ3n) is 3.30. The average Bonchev–Trinajstić information content (AvgIpc) is 2.60. The Morgan fingerprint density at radius 3 is 2.54 bits per heavy atom. The quantitative estimate of drug-likeness (QED) is 0.653. The van der Waals surface area contributed by atoms with Crippen LogP contribution in [0.3, 0.4) is 0 Å². The average molecular weight is 337 g/mol. The van der Waals surface area contributed by atoms with Crippen molar-refractivity contribution in [2.45, 2.75) is 6.92 Å². The van der Waals surface area contributed by atoms with Gasteiger partial charge in [0.1, 0.15) is 17.7 Å². The standard InChI is InChI=1S/C18H13ClN4O/c1-12-15(19)6-4-8-16(12)23-18(24)14(10-21)11-22-17-7-3-2-5-13(17)9-20/h2-8,11,22H,1H3,(H,23,24)/b14-11-. The van der Waals surface area contributed by atoms with Crippen LogP contribution in [0.1, 0.15) is 11.1 Å². The molecule has 0 unspecified atom stereocenters.